The van der Waals surface area contributed by atoms with Crippen LogP contribution in [0, 0.1) is 6.92 Å². The molecule has 0 aliphatic carbocycles. The first-order chi connectivity index (χ1) is 31.1. The average Bonchev–Trinajstić information content (AvgIpc) is 3.76. The van der Waals surface area contributed by atoms with E-state index in [1.54, 1.807) is 93.6 Å². The van der Waals surface area contributed by atoms with Gasteiger partial charge in [0.15, 0.2) is 0 Å². The summed E-state index contributed by atoms with van der Waals surface area (Å²) in [4.78, 5) is 86.3. The summed E-state index contributed by atoms with van der Waals surface area (Å²) in [7, 11) is 3.58. The molecule has 0 spiro atoms. The zero-order valence-corrected chi connectivity index (χ0v) is 37.8. The molecule has 2 aliphatic rings. The third kappa shape index (κ3) is 10.8. The lowest BCUT2D eigenvalue weighted by Crippen LogP contribution is -2.47. The number of hydrogen-bond acceptors (Lipinski definition) is 10. The van der Waals surface area contributed by atoms with Crippen LogP contribution in [-0.2, 0) is 27.4 Å². The Morgan fingerprint density at radius 2 is 1.45 bits per heavy atom. The van der Waals surface area contributed by atoms with Crippen LogP contribution in [0.25, 0.3) is 10.9 Å². The molecule has 340 valence electrons. The number of amides is 5. The van der Waals surface area contributed by atoms with Crippen molar-refractivity contribution < 1.29 is 43.0 Å². The first-order valence-electron chi connectivity index (χ1n) is 21.9. The average molecular weight is 885 g/mol. The molecule has 0 atom stereocenters. The Balaban J connectivity index is 1.05. The van der Waals surface area contributed by atoms with Crippen LogP contribution in [0.3, 0.4) is 0 Å². The Morgan fingerprint density at radius 3 is 2.14 bits per heavy atom. The maximum Gasteiger partial charge on any atom is 0.419 e. The van der Waals surface area contributed by atoms with Crippen LogP contribution in [0.15, 0.2) is 84.9 Å². The Morgan fingerprint density at radius 1 is 0.754 bits per heavy atom. The molecule has 0 bridgehead atoms. The molecule has 65 heavy (non-hydrogen) atoms. The third-order valence-corrected chi connectivity index (χ3v) is 11.4. The minimum Gasteiger partial charge on any atom is -0.491 e. The number of anilines is 2. The van der Waals surface area contributed by atoms with Crippen LogP contribution in [-0.4, -0.2) is 107 Å². The molecule has 4 aromatic carbocycles. The largest absolute Gasteiger partial charge is 0.491 e. The zero-order chi connectivity index (χ0) is 46.4. The zero-order valence-electron chi connectivity index (χ0n) is 37.8. The molecule has 5 aromatic rings. The van der Waals surface area contributed by atoms with Gasteiger partial charge in [0.05, 0.1) is 47.8 Å². The quantitative estimate of drug-likeness (QED) is 0.0779. The van der Waals surface area contributed by atoms with Gasteiger partial charge in [0, 0.05) is 67.5 Å². The van der Waals surface area contributed by atoms with Gasteiger partial charge in [-0.15, -0.1) is 0 Å². The summed E-state index contributed by atoms with van der Waals surface area (Å²) in [5.74, 6) is -1.15. The van der Waals surface area contributed by atoms with Gasteiger partial charge in [0.1, 0.15) is 11.4 Å². The highest BCUT2D eigenvalue weighted by Gasteiger charge is 2.37. The maximum atomic E-state index is 14.2. The van der Waals surface area contributed by atoms with Crippen molar-refractivity contribution in [1.29, 1.82) is 0 Å². The van der Waals surface area contributed by atoms with Crippen molar-refractivity contribution in [2.24, 2.45) is 0 Å². The van der Waals surface area contributed by atoms with Crippen molar-refractivity contribution in [2.75, 3.05) is 57.6 Å². The molecule has 1 fully saturated rings. The molecule has 1 saturated heterocycles. The number of nitrogens with zero attached hydrogens (tertiary/aromatic N) is 4. The van der Waals surface area contributed by atoms with E-state index >= 15 is 0 Å². The number of aryl methyl sites for hydroxylation is 1. The molecule has 0 saturated carbocycles. The molecule has 15 nitrogen and oxygen atoms in total. The van der Waals surface area contributed by atoms with Crippen molar-refractivity contribution >= 4 is 57.9 Å². The predicted octanol–water partition coefficient (Wildman–Crippen LogP) is 7.89. The molecular weight excluding hydrogens is 829 g/mol. The van der Waals surface area contributed by atoms with Gasteiger partial charge >= 0.3 is 6.09 Å². The van der Waals surface area contributed by atoms with Crippen molar-refractivity contribution in [2.45, 2.75) is 72.1 Å². The van der Waals surface area contributed by atoms with E-state index in [0.717, 1.165) is 55.9 Å². The van der Waals surface area contributed by atoms with Gasteiger partial charge in [-0.05, 0) is 120 Å². The summed E-state index contributed by atoms with van der Waals surface area (Å²) in [6.07, 6.45) is 2.16. The van der Waals surface area contributed by atoms with Crippen molar-refractivity contribution in [3.63, 3.8) is 0 Å². The summed E-state index contributed by atoms with van der Waals surface area (Å²) in [6.45, 7) is 10.7. The van der Waals surface area contributed by atoms with Gasteiger partial charge < -0.3 is 34.6 Å². The monoisotopic (exact) mass is 884 g/mol. The van der Waals surface area contributed by atoms with Crippen molar-refractivity contribution in [1.82, 2.24) is 19.3 Å². The first-order valence-corrected chi connectivity index (χ1v) is 21.9. The minimum absolute atomic E-state index is 0.0697. The molecule has 5 amide bonds. The van der Waals surface area contributed by atoms with E-state index in [-0.39, 0.29) is 41.4 Å². The first kappa shape index (κ1) is 46.2. The van der Waals surface area contributed by atoms with Crippen LogP contribution in [0.4, 0.5) is 16.2 Å². The number of rotatable bonds is 15. The lowest BCUT2D eigenvalue weighted by molar-refractivity contribution is -0.132. The number of nitrogens with one attached hydrogen (secondary N) is 2. The molecule has 2 N–H and O–H groups in total. The van der Waals surface area contributed by atoms with Gasteiger partial charge in [-0.2, -0.15) is 0 Å². The number of carbonyl (C=O) groups excluding carboxylic acids is 6. The number of hydrogen-bond donors (Lipinski definition) is 2. The Kier molecular flexibility index (Phi) is 14.1. The lowest BCUT2D eigenvalue weighted by atomic mass is 10.1. The standard InChI is InChI=1S/C50H56N6O9/c1-32-18-20-41(43(27-32)64-26-11-7-8-17-44(57)54-24-22-53(5)23-25-54)52-45(58)33-19-21-40(34(28-33)31-63-6)51-46(59)36-15-12-16-42-39(36)29-35(56(42)49(62)65-50(2,3)4)30-55-47(60)37-13-9-10-14-38(37)48(55)61/h9-10,12-16,18-21,27-29H,7-8,11,17,22-26,30-31H2,1-6H3,(H,51,59)(H,52,58). The summed E-state index contributed by atoms with van der Waals surface area (Å²) in [6, 6.07) is 23.5. The SMILES string of the molecule is COCc1cc(C(=O)Nc2ccc(C)cc2OCCCCCC(=O)N2CCN(C)CC2)ccc1NC(=O)c1cccc2c1cc(CN1C(=O)c3ccccc3C1=O)n2C(=O)OC(C)(C)C. The smallest absolute Gasteiger partial charge is 0.419 e. The second-order valence-corrected chi connectivity index (χ2v) is 17.5. The van der Waals surface area contributed by atoms with Gasteiger partial charge in [0.25, 0.3) is 23.6 Å². The minimum atomic E-state index is -0.874. The summed E-state index contributed by atoms with van der Waals surface area (Å²) in [5.41, 5.74) is 3.21. The van der Waals surface area contributed by atoms with Crippen LogP contribution in [0.2, 0.25) is 0 Å². The molecule has 0 unspecified atom stereocenters. The Hall–Kier alpha value is -6.84. The number of carbonyl (C=O) groups is 6. The Bertz CT molecular complexity index is 2600. The molecular formula is C50H56N6O9. The summed E-state index contributed by atoms with van der Waals surface area (Å²) in [5, 5.41) is 6.31. The fraction of sp³-hybridized carbons (Fsp3) is 0.360. The van der Waals surface area contributed by atoms with Gasteiger partial charge in [-0.25, -0.2) is 9.36 Å². The van der Waals surface area contributed by atoms with E-state index in [2.05, 4.69) is 22.6 Å². The van der Waals surface area contributed by atoms with Crippen LogP contribution >= 0.6 is 0 Å². The number of fused-ring (bicyclic) bond motifs is 2. The summed E-state index contributed by atoms with van der Waals surface area (Å²) >= 11 is 0. The molecule has 3 heterocycles. The van der Waals surface area contributed by atoms with E-state index < -0.39 is 35.3 Å². The molecule has 0 radical (unpaired) electrons. The fourth-order valence-corrected chi connectivity index (χ4v) is 7.99. The second kappa shape index (κ2) is 19.9. The Labute approximate surface area is 378 Å². The number of imide groups is 1. The van der Waals surface area contributed by atoms with Crippen LogP contribution in [0.5, 0.6) is 5.75 Å². The molecule has 2 aliphatic heterocycles. The normalized spacial score (nSPS) is 14.1. The van der Waals surface area contributed by atoms with E-state index in [9.17, 15) is 28.8 Å². The van der Waals surface area contributed by atoms with E-state index in [0.29, 0.717) is 52.2 Å². The highest BCUT2D eigenvalue weighted by Crippen LogP contribution is 2.32. The highest BCUT2D eigenvalue weighted by atomic mass is 16.6. The van der Waals surface area contributed by atoms with Gasteiger partial charge in [0.2, 0.25) is 5.91 Å². The van der Waals surface area contributed by atoms with Crippen LogP contribution < -0.4 is 15.4 Å². The van der Waals surface area contributed by atoms with E-state index in [1.807, 2.05) is 24.0 Å². The number of ether oxygens (including phenoxy) is 3. The van der Waals surface area contributed by atoms with Crippen molar-refractivity contribution in [3.8, 4) is 5.75 Å². The molecule has 1 aromatic heterocycles. The molecule has 7 rings (SSSR count). The number of aromatic nitrogens is 1. The third-order valence-electron chi connectivity index (χ3n) is 11.4. The number of piperazine rings is 1. The maximum absolute atomic E-state index is 14.2. The number of methoxy groups -OCH3 is 1. The van der Waals surface area contributed by atoms with Crippen LogP contribution in [0.1, 0.15) is 105 Å². The van der Waals surface area contributed by atoms with E-state index in [1.165, 1.54) is 11.7 Å². The number of benzene rings is 4. The highest BCUT2D eigenvalue weighted by molar-refractivity contribution is 6.21. The topological polar surface area (TPSA) is 169 Å². The molecule has 15 heteroatoms. The lowest BCUT2D eigenvalue weighted by Gasteiger charge is -2.32. The number of likely N-dealkylation sites (N-methyl/N-ethyl adjacent to an activating group) is 1. The van der Waals surface area contributed by atoms with Gasteiger partial charge in [-0.3, -0.25) is 28.9 Å². The predicted molar refractivity (Wildman–Crippen MR) is 246 cm³/mol. The fourth-order valence-electron chi connectivity index (χ4n) is 7.99. The van der Waals surface area contributed by atoms with E-state index in [4.69, 9.17) is 14.2 Å². The number of unbranched alkanes of at least 4 members (excludes halogenated alkanes) is 2. The summed E-state index contributed by atoms with van der Waals surface area (Å²) < 4.78 is 18.7. The second-order valence-electron chi connectivity index (χ2n) is 17.5. The van der Waals surface area contributed by atoms with Gasteiger partial charge in [-0.1, -0.05) is 24.3 Å². The van der Waals surface area contributed by atoms with Crippen molar-refractivity contribution in [3.05, 3.63) is 124 Å².